The number of carbonyl (C=O) groups is 2. The van der Waals surface area contributed by atoms with Gasteiger partial charge >= 0.3 is 12.1 Å². The summed E-state index contributed by atoms with van der Waals surface area (Å²) in [5.41, 5.74) is 0. The number of amides is 1. The van der Waals surface area contributed by atoms with Crippen molar-refractivity contribution >= 4 is 34.7 Å². The Morgan fingerprint density at radius 3 is 3.00 bits per heavy atom. The fourth-order valence-corrected chi connectivity index (χ4v) is 2.21. The van der Waals surface area contributed by atoms with Crippen molar-refractivity contribution in [2.75, 3.05) is 0 Å². The van der Waals surface area contributed by atoms with Gasteiger partial charge in [0.1, 0.15) is 9.46 Å². The zero-order valence-electron chi connectivity index (χ0n) is 6.49. The van der Waals surface area contributed by atoms with Crippen LogP contribution in [0.25, 0.3) is 0 Å². The van der Waals surface area contributed by atoms with Crippen LogP contribution in [0.15, 0.2) is 24.3 Å². The van der Waals surface area contributed by atoms with Gasteiger partial charge in [-0.3, -0.25) is 4.79 Å². The summed E-state index contributed by atoms with van der Waals surface area (Å²) in [7, 11) is 0. The summed E-state index contributed by atoms with van der Waals surface area (Å²) < 4.78 is 3.79. The predicted molar refractivity (Wildman–Crippen MR) is 53.1 cm³/mol. The monoisotopic (exact) mass is 291 g/mol. The molecule has 1 heterocycles. The highest BCUT2D eigenvalue weighted by molar-refractivity contribution is 14.1. The van der Waals surface area contributed by atoms with Crippen LogP contribution in [0.2, 0.25) is 0 Å². The van der Waals surface area contributed by atoms with E-state index in [-0.39, 0.29) is 0 Å². The van der Waals surface area contributed by atoms with Gasteiger partial charge in [0.15, 0.2) is 0 Å². The molecule has 1 amide bonds. The van der Waals surface area contributed by atoms with Crippen molar-refractivity contribution in [3.05, 3.63) is 24.3 Å². The second-order valence-electron chi connectivity index (χ2n) is 2.82. The maximum atomic E-state index is 11.3. The van der Waals surface area contributed by atoms with E-state index >= 15 is 0 Å². The van der Waals surface area contributed by atoms with E-state index in [9.17, 15) is 9.59 Å². The predicted octanol–water partition coefficient (Wildman–Crippen LogP) is 1.13. The number of halogens is 1. The first kappa shape index (κ1) is 8.74. The molecule has 13 heavy (non-hydrogen) atoms. The van der Waals surface area contributed by atoms with Crippen molar-refractivity contribution in [2.24, 2.45) is 5.92 Å². The summed E-state index contributed by atoms with van der Waals surface area (Å²) in [5.74, 6) is -0.922. The zero-order valence-corrected chi connectivity index (χ0v) is 8.65. The van der Waals surface area contributed by atoms with Crippen LogP contribution >= 0.6 is 22.6 Å². The third-order valence-electron chi connectivity index (χ3n) is 1.95. The van der Waals surface area contributed by atoms with Crippen molar-refractivity contribution < 1.29 is 14.3 Å². The third kappa shape index (κ3) is 1.37. The standard InChI is InChI=1S/C8H6INO3/c9-8-4-2-1-3-5(8)6(11)13-7(12)10-8/h1-5H,(H,10,12). The molecule has 68 valence electrons. The van der Waals surface area contributed by atoms with Gasteiger partial charge in [-0.2, -0.15) is 0 Å². The first-order valence-electron chi connectivity index (χ1n) is 3.70. The number of hydrogen-bond acceptors (Lipinski definition) is 3. The molecule has 1 fully saturated rings. The van der Waals surface area contributed by atoms with Crippen LogP contribution in [-0.4, -0.2) is 15.6 Å². The van der Waals surface area contributed by atoms with E-state index in [1.807, 2.05) is 22.6 Å². The summed E-state index contributed by atoms with van der Waals surface area (Å²) in [5, 5.41) is 2.59. The van der Waals surface area contributed by atoms with Crippen LogP contribution in [0.1, 0.15) is 0 Å². The largest absolute Gasteiger partial charge is 0.416 e. The summed E-state index contributed by atoms with van der Waals surface area (Å²) in [6.45, 7) is 0. The molecular weight excluding hydrogens is 285 g/mol. The van der Waals surface area contributed by atoms with E-state index in [1.54, 1.807) is 24.3 Å². The maximum absolute atomic E-state index is 11.3. The molecule has 2 atom stereocenters. The van der Waals surface area contributed by atoms with Gasteiger partial charge in [-0.05, 0) is 28.7 Å². The number of ether oxygens (including phenoxy) is 1. The lowest BCUT2D eigenvalue weighted by Crippen LogP contribution is -2.56. The number of allylic oxidation sites excluding steroid dienone is 2. The molecule has 0 aromatic rings. The molecule has 1 aliphatic heterocycles. The molecule has 2 aliphatic rings. The smallest absolute Gasteiger partial charge is 0.376 e. The number of rotatable bonds is 0. The van der Waals surface area contributed by atoms with Gasteiger partial charge in [-0.1, -0.05) is 18.2 Å². The van der Waals surface area contributed by atoms with Gasteiger partial charge < -0.3 is 10.1 Å². The minimum absolute atomic E-state index is 0.421. The average molecular weight is 291 g/mol. The van der Waals surface area contributed by atoms with E-state index < -0.39 is 21.5 Å². The highest BCUT2D eigenvalue weighted by atomic mass is 127. The number of hydrogen-bond donors (Lipinski definition) is 1. The molecule has 0 radical (unpaired) electrons. The minimum atomic E-state index is -0.685. The van der Waals surface area contributed by atoms with Gasteiger partial charge in [0.05, 0.1) is 0 Å². The van der Waals surface area contributed by atoms with Crippen molar-refractivity contribution in [2.45, 2.75) is 3.55 Å². The molecule has 1 N–H and O–H groups in total. The number of alkyl halides is 1. The molecule has 0 saturated carbocycles. The highest BCUT2D eigenvalue weighted by Crippen LogP contribution is 2.34. The van der Waals surface area contributed by atoms with Crippen LogP contribution in [0.5, 0.6) is 0 Å². The Balaban J connectivity index is 2.37. The number of cyclic esters (lactones) is 2. The summed E-state index contributed by atoms with van der Waals surface area (Å²) in [6, 6.07) is 0. The summed E-state index contributed by atoms with van der Waals surface area (Å²) in [4.78, 5) is 22.2. The van der Waals surface area contributed by atoms with Gasteiger partial charge in [-0.15, -0.1) is 0 Å². The first-order valence-corrected chi connectivity index (χ1v) is 4.78. The number of esters is 1. The van der Waals surface area contributed by atoms with Crippen LogP contribution in [0, 0.1) is 5.92 Å². The molecular formula is C8H6INO3. The maximum Gasteiger partial charge on any atom is 0.416 e. The molecule has 0 aromatic carbocycles. The van der Waals surface area contributed by atoms with Crippen LogP contribution in [-0.2, 0) is 9.53 Å². The van der Waals surface area contributed by atoms with E-state index in [2.05, 4.69) is 10.1 Å². The Hall–Kier alpha value is -0.850. The number of nitrogens with one attached hydrogen (secondary N) is 1. The molecule has 2 unspecified atom stereocenters. The topological polar surface area (TPSA) is 55.4 Å². The highest BCUT2D eigenvalue weighted by Gasteiger charge is 2.46. The number of carbonyl (C=O) groups excluding carboxylic acids is 2. The molecule has 1 aliphatic carbocycles. The van der Waals surface area contributed by atoms with E-state index in [1.165, 1.54) is 0 Å². The Kier molecular flexibility index (Phi) is 1.90. The minimum Gasteiger partial charge on any atom is -0.376 e. The fraction of sp³-hybridized carbons (Fsp3) is 0.250. The Morgan fingerprint density at radius 2 is 2.23 bits per heavy atom. The van der Waals surface area contributed by atoms with Crippen LogP contribution < -0.4 is 5.32 Å². The second kappa shape index (κ2) is 2.83. The third-order valence-corrected chi connectivity index (χ3v) is 3.25. The Labute approximate surface area is 88.2 Å². The first-order chi connectivity index (χ1) is 6.12. The number of alkyl carbamates (subject to hydrolysis) is 1. The van der Waals surface area contributed by atoms with Crippen LogP contribution in [0.3, 0.4) is 0 Å². The van der Waals surface area contributed by atoms with Crippen molar-refractivity contribution in [3.63, 3.8) is 0 Å². The zero-order chi connectivity index (χ0) is 9.47. The van der Waals surface area contributed by atoms with Crippen molar-refractivity contribution in [3.8, 4) is 0 Å². The number of fused-ring (bicyclic) bond motifs is 1. The van der Waals surface area contributed by atoms with E-state index in [4.69, 9.17) is 0 Å². The normalized spacial score (nSPS) is 36.5. The van der Waals surface area contributed by atoms with Gasteiger partial charge in [0, 0.05) is 0 Å². The lowest BCUT2D eigenvalue weighted by atomic mass is 9.94. The summed E-state index contributed by atoms with van der Waals surface area (Å²) in [6.07, 6.45) is 6.36. The van der Waals surface area contributed by atoms with Crippen molar-refractivity contribution in [1.82, 2.24) is 5.32 Å². The van der Waals surface area contributed by atoms with E-state index in [0.717, 1.165) is 0 Å². The molecule has 0 aromatic heterocycles. The lowest BCUT2D eigenvalue weighted by Gasteiger charge is -2.35. The molecule has 5 heteroatoms. The van der Waals surface area contributed by atoms with E-state index in [0.29, 0.717) is 0 Å². The van der Waals surface area contributed by atoms with Crippen molar-refractivity contribution in [1.29, 1.82) is 0 Å². The van der Waals surface area contributed by atoms with Gasteiger partial charge in [0.25, 0.3) is 0 Å². The quantitative estimate of drug-likeness (QED) is 0.239. The fourth-order valence-electron chi connectivity index (χ4n) is 1.32. The van der Waals surface area contributed by atoms with Crippen LogP contribution in [0.4, 0.5) is 4.79 Å². The molecule has 2 rings (SSSR count). The SMILES string of the molecule is O=C1NC2(I)C=CC=CC2C(=O)O1. The van der Waals surface area contributed by atoms with Gasteiger partial charge in [0.2, 0.25) is 0 Å². The average Bonchev–Trinajstić information content (AvgIpc) is 2.01. The molecule has 1 saturated heterocycles. The molecule has 4 nitrogen and oxygen atoms in total. The molecule has 0 bridgehead atoms. The molecule has 0 spiro atoms. The summed E-state index contributed by atoms with van der Waals surface area (Å²) >= 11 is 2.03. The Morgan fingerprint density at radius 1 is 1.46 bits per heavy atom. The Bertz CT molecular complexity index is 336. The van der Waals surface area contributed by atoms with Gasteiger partial charge in [-0.25, -0.2) is 4.79 Å². The lowest BCUT2D eigenvalue weighted by molar-refractivity contribution is -0.143. The second-order valence-corrected chi connectivity index (χ2v) is 4.61.